The predicted octanol–water partition coefficient (Wildman–Crippen LogP) is 4.30. The number of carbonyl (C=O) groups excluding carboxylic acids is 2. The van der Waals surface area contributed by atoms with Gasteiger partial charge in [-0.15, -0.1) is 0 Å². The summed E-state index contributed by atoms with van der Waals surface area (Å²) in [6, 6.07) is 22.5. The Balaban J connectivity index is 1.69. The van der Waals surface area contributed by atoms with Gasteiger partial charge < -0.3 is 10.2 Å². The zero-order valence-corrected chi connectivity index (χ0v) is 22.6. The molecule has 196 valence electrons. The van der Waals surface area contributed by atoms with Crippen molar-refractivity contribution in [2.75, 3.05) is 6.54 Å². The van der Waals surface area contributed by atoms with Gasteiger partial charge in [-0.1, -0.05) is 73.1 Å². The smallest absolute Gasteiger partial charge is 0.242 e. The largest absolute Gasteiger partial charge is 0.350 e. The molecule has 0 unspecified atom stereocenters. The van der Waals surface area contributed by atoms with Crippen LogP contribution in [0.2, 0.25) is 5.02 Å². The highest BCUT2D eigenvalue weighted by molar-refractivity contribution is 7.89. The standard InChI is InChI=1S/C28H32ClN3O4S/c1-3-31-37(35,36)26-16-11-22(12-17-26)13-18-27(33)32(20-24-9-14-25(29)15-10-24)21(2)28(34)30-19-23-7-5-4-6-8-23/h4-12,14-17,21,31H,3,13,18-20H2,1-2H3,(H,30,34)/t21-/m1/s1. The van der Waals surface area contributed by atoms with E-state index in [9.17, 15) is 18.0 Å². The molecule has 0 heterocycles. The number of halogens is 1. The Morgan fingerprint density at radius 2 is 1.51 bits per heavy atom. The minimum atomic E-state index is -3.53. The first-order chi connectivity index (χ1) is 17.7. The van der Waals surface area contributed by atoms with Crippen molar-refractivity contribution in [1.82, 2.24) is 14.9 Å². The average molecular weight is 542 g/mol. The number of sulfonamides is 1. The molecule has 0 aliphatic rings. The van der Waals surface area contributed by atoms with Crippen molar-refractivity contribution in [2.24, 2.45) is 0 Å². The van der Waals surface area contributed by atoms with E-state index in [1.807, 2.05) is 42.5 Å². The van der Waals surface area contributed by atoms with Gasteiger partial charge in [0, 0.05) is 31.1 Å². The maximum atomic E-state index is 13.3. The van der Waals surface area contributed by atoms with Gasteiger partial charge in [-0.2, -0.15) is 0 Å². The number of nitrogens with zero attached hydrogens (tertiary/aromatic N) is 1. The zero-order chi connectivity index (χ0) is 26.8. The predicted molar refractivity (Wildman–Crippen MR) is 145 cm³/mol. The van der Waals surface area contributed by atoms with Crippen LogP contribution in [0.1, 0.15) is 37.0 Å². The molecule has 0 saturated carbocycles. The van der Waals surface area contributed by atoms with Crippen LogP contribution in [-0.2, 0) is 39.1 Å². The number of nitrogens with one attached hydrogen (secondary N) is 2. The number of hydrogen-bond acceptors (Lipinski definition) is 4. The summed E-state index contributed by atoms with van der Waals surface area (Å²) in [4.78, 5) is 28.1. The number of amides is 2. The Kier molecular flexibility index (Phi) is 10.3. The molecule has 0 aliphatic heterocycles. The molecule has 0 aromatic heterocycles. The third-order valence-electron chi connectivity index (χ3n) is 5.94. The van der Waals surface area contributed by atoms with E-state index in [0.717, 1.165) is 16.7 Å². The highest BCUT2D eigenvalue weighted by Gasteiger charge is 2.26. The lowest BCUT2D eigenvalue weighted by atomic mass is 10.1. The molecule has 1 atom stereocenters. The van der Waals surface area contributed by atoms with Gasteiger partial charge in [-0.25, -0.2) is 13.1 Å². The maximum absolute atomic E-state index is 13.3. The first-order valence-corrected chi connectivity index (χ1v) is 14.0. The van der Waals surface area contributed by atoms with E-state index >= 15 is 0 Å². The van der Waals surface area contributed by atoms with Gasteiger partial charge in [0.05, 0.1) is 4.90 Å². The molecule has 3 aromatic rings. The van der Waals surface area contributed by atoms with Crippen molar-refractivity contribution in [2.45, 2.75) is 50.7 Å². The normalized spacial score (nSPS) is 12.1. The molecule has 3 aromatic carbocycles. The first-order valence-electron chi connectivity index (χ1n) is 12.1. The Morgan fingerprint density at radius 1 is 0.892 bits per heavy atom. The fourth-order valence-corrected chi connectivity index (χ4v) is 4.97. The second-order valence-electron chi connectivity index (χ2n) is 8.67. The summed E-state index contributed by atoms with van der Waals surface area (Å²) >= 11 is 6.01. The van der Waals surface area contributed by atoms with Crippen molar-refractivity contribution in [3.8, 4) is 0 Å². The lowest BCUT2D eigenvalue weighted by Gasteiger charge is -2.29. The summed E-state index contributed by atoms with van der Waals surface area (Å²) in [5.41, 5.74) is 2.66. The van der Waals surface area contributed by atoms with Crippen molar-refractivity contribution in [1.29, 1.82) is 0 Å². The second-order valence-corrected chi connectivity index (χ2v) is 10.9. The van der Waals surface area contributed by atoms with Crippen molar-refractivity contribution in [3.05, 3.63) is 101 Å². The van der Waals surface area contributed by atoms with Gasteiger partial charge in [0.15, 0.2) is 0 Å². The topological polar surface area (TPSA) is 95.6 Å². The van der Waals surface area contributed by atoms with Crippen molar-refractivity contribution in [3.63, 3.8) is 0 Å². The van der Waals surface area contributed by atoms with E-state index in [4.69, 9.17) is 11.6 Å². The van der Waals surface area contributed by atoms with E-state index in [2.05, 4.69) is 10.0 Å². The molecule has 9 heteroatoms. The number of benzene rings is 3. The van der Waals surface area contributed by atoms with Crippen LogP contribution in [0.5, 0.6) is 0 Å². The summed E-state index contributed by atoms with van der Waals surface area (Å²) in [7, 11) is -3.53. The van der Waals surface area contributed by atoms with Gasteiger partial charge in [0.2, 0.25) is 21.8 Å². The van der Waals surface area contributed by atoms with Crippen LogP contribution in [0, 0.1) is 0 Å². The van der Waals surface area contributed by atoms with E-state index < -0.39 is 16.1 Å². The second kappa shape index (κ2) is 13.4. The molecule has 2 amide bonds. The summed E-state index contributed by atoms with van der Waals surface area (Å²) in [5.74, 6) is -0.425. The monoisotopic (exact) mass is 541 g/mol. The Labute approximate surface area is 223 Å². The van der Waals surface area contributed by atoms with Crippen LogP contribution in [0.4, 0.5) is 0 Å². The van der Waals surface area contributed by atoms with Crippen molar-refractivity contribution >= 4 is 33.4 Å². The molecule has 0 spiro atoms. The van der Waals surface area contributed by atoms with Gasteiger partial charge >= 0.3 is 0 Å². The molecule has 2 N–H and O–H groups in total. The van der Waals surface area contributed by atoms with Crippen LogP contribution < -0.4 is 10.0 Å². The lowest BCUT2D eigenvalue weighted by Crippen LogP contribution is -2.47. The highest BCUT2D eigenvalue weighted by atomic mass is 35.5. The molecule has 7 nitrogen and oxygen atoms in total. The Bertz CT molecular complexity index is 1280. The van der Waals surface area contributed by atoms with Gasteiger partial charge in [0.25, 0.3) is 0 Å². The molecule has 0 aliphatic carbocycles. The van der Waals surface area contributed by atoms with Crippen LogP contribution in [0.3, 0.4) is 0 Å². The summed E-state index contributed by atoms with van der Waals surface area (Å²) in [5, 5.41) is 3.51. The number of carbonyl (C=O) groups is 2. The molecule has 3 rings (SSSR count). The summed E-state index contributed by atoms with van der Waals surface area (Å²) in [6.07, 6.45) is 0.582. The zero-order valence-electron chi connectivity index (χ0n) is 21.0. The third-order valence-corrected chi connectivity index (χ3v) is 7.75. The molecule has 37 heavy (non-hydrogen) atoms. The van der Waals surface area contributed by atoms with E-state index in [0.29, 0.717) is 24.5 Å². The number of aryl methyl sites for hydroxylation is 1. The summed E-state index contributed by atoms with van der Waals surface area (Å²) < 4.78 is 26.8. The number of rotatable bonds is 12. The highest BCUT2D eigenvalue weighted by Crippen LogP contribution is 2.17. The van der Waals surface area contributed by atoms with Crippen LogP contribution >= 0.6 is 11.6 Å². The molecule has 0 radical (unpaired) electrons. The molecule has 0 saturated heterocycles. The average Bonchev–Trinajstić information content (AvgIpc) is 2.90. The van der Waals surface area contributed by atoms with Gasteiger partial charge in [-0.05, 0) is 54.3 Å². The quantitative estimate of drug-likeness (QED) is 0.357. The minimum Gasteiger partial charge on any atom is -0.350 e. The van der Waals surface area contributed by atoms with Gasteiger partial charge in [0.1, 0.15) is 6.04 Å². The Morgan fingerprint density at radius 3 is 2.14 bits per heavy atom. The molecular weight excluding hydrogens is 510 g/mol. The summed E-state index contributed by atoms with van der Waals surface area (Å²) in [6.45, 7) is 4.37. The van der Waals surface area contributed by atoms with Crippen LogP contribution in [-0.4, -0.2) is 37.7 Å². The molecule has 0 fully saturated rings. The van der Waals surface area contributed by atoms with Crippen molar-refractivity contribution < 1.29 is 18.0 Å². The van der Waals surface area contributed by atoms with Crippen LogP contribution in [0.15, 0.2) is 83.8 Å². The first kappa shape index (κ1) is 28.4. The maximum Gasteiger partial charge on any atom is 0.242 e. The van der Waals surface area contributed by atoms with E-state index in [-0.39, 0.29) is 29.7 Å². The number of hydrogen-bond donors (Lipinski definition) is 2. The third kappa shape index (κ3) is 8.42. The SMILES string of the molecule is CCNS(=O)(=O)c1ccc(CCC(=O)N(Cc2ccc(Cl)cc2)[C@H](C)C(=O)NCc2ccccc2)cc1. The molecule has 0 bridgehead atoms. The Hall–Kier alpha value is -3.20. The van der Waals surface area contributed by atoms with Crippen LogP contribution in [0.25, 0.3) is 0 Å². The fraction of sp³-hybridized carbons (Fsp3) is 0.286. The van der Waals surface area contributed by atoms with E-state index in [1.165, 1.54) is 12.1 Å². The minimum absolute atomic E-state index is 0.170. The molecular formula is C28H32ClN3O4S. The fourth-order valence-electron chi connectivity index (χ4n) is 3.81. The van der Waals surface area contributed by atoms with Gasteiger partial charge in [-0.3, -0.25) is 9.59 Å². The van der Waals surface area contributed by atoms with E-state index in [1.54, 1.807) is 43.0 Å². The lowest BCUT2D eigenvalue weighted by molar-refractivity contribution is -0.140.